The van der Waals surface area contributed by atoms with Gasteiger partial charge in [-0.1, -0.05) is 0 Å². The van der Waals surface area contributed by atoms with Gasteiger partial charge in [-0.15, -0.1) is 11.8 Å². The average Bonchev–Trinajstić information content (AvgIpc) is 2.71. The second-order valence-electron chi connectivity index (χ2n) is 5.93. The number of amides is 1. The number of carbonyl (C=O) groups excluding carboxylic acids is 3. The smallest absolute Gasteiger partial charge is 0.337 e. The molecule has 0 spiro atoms. The molecule has 0 saturated heterocycles. The molecule has 1 amide bonds. The molecule has 30 heavy (non-hydrogen) atoms. The molecule has 0 unspecified atom stereocenters. The molecule has 2 aromatic rings. The van der Waals surface area contributed by atoms with E-state index in [-0.39, 0.29) is 27.6 Å². The Balaban J connectivity index is 2.49. The summed E-state index contributed by atoms with van der Waals surface area (Å²) in [4.78, 5) is 35.8. The fraction of sp³-hybridized carbons (Fsp3) is 0.211. The summed E-state index contributed by atoms with van der Waals surface area (Å²) in [6, 6.07) is 7.97. The van der Waals surface area contributed by atoms with Crippen molar-refractivity contribution in [3.05, 3.63) is 47.5 Å². The van der Waals surface area contributed by atoms with E-state index in [1.54, 1.807) is 12.3 Å². The summed E-state index contributed by atoms with van der Waals surface area (Å²) in [5.74, 6) is -1.85. The monoisotopic (exact) mass is 452 g/mol. The number of ether oxygens (including phenoxy) is 2. The first-order valence-corrected chi connectivity index (χ1v) is 11.1. The lowest BCUT2D eigenvalue weighted by Crippen LogP contribution is -2.16. The van der Waals surface area contributed by atoms with Crippen molar-refractivity contribution in [1.29, 1.82) is 0 Å². The van der Waals surface area contributed by atoms with Crippen molar-refractivity contribution in [2.45, 2.75) is 16.7 Å². The Bertz CT molecular complexity index is 1060. The molecule has 160 valence electrons. The van der Waals surface area contributed by atoms with Crippen LogP contribution in [0.5, 0.6) is 0 Å². The van der Waals surface area contributed by atoms with Crippen molar-refractivity contribution in [2.75, 3.05) is 30.5 Å². The Hall–Kier alpha value is -3.05. The van der Waals surface area contributed by atoms with Crippen molar-refractivity contribution in [2.24, 2.45) is 0 Å². The molecule has 0 atom stereocenters. The summed E-state index contributed by atoms with van der Waals surface area (Å²) < 4.78 is 37.4. The molecule has 9 nitrogen and oxygen atoms in total. The maximum absolute atomic E-state index is 12.9. The van der Waals surface area contributed by atoms with Gasteiger partial charge in [0, 0.05) is 11.8 Å². The van der Waals surface area contributed by atoms with Crippen molar-refractivity contribution in [3.8, 4) is 0 Å². The maximum atomic E-state index is 12.9. The van der Waals surface area contributed by atoms with Gasteiger partial charge in [0.1, 0.15) is 0 Å². The van der Waals surface area contributed by atoms with Crippen LogP contribution in [0.25, 0.3) is 0 Å². The van der Waals surface area contributed by atoms with E-state index in [4.69, 9.17) is 0 Å². The minimum Gasteiger partial charge on any atom is -0.465 e. The molecule has 2 aromatic carbocycles. The zero-order valence-corrected chi connectivity index (χ0v) is 18.3. The fourth-order valence-electron chi connectivity index (χ4n) is 2.51. The molecular weight excluding hydrogens is 432 g/mol. The van der Waals surface area contributed by atoms with Crippen LogP contribution in [0.15, 0.2) is 46.2 Å². The van der Waals surface area contributed by atoms with Crippen LogP contribution < -0.4 is 10.0 Å². The van der Waals surface area contributed by atoms with E-state index in [2.05, 4.69) is 19.5 Å². The number of hydrogen-bond acceptors (Lipinski definition) is 8. The second kappa shape index (κ2) is 9.63. The van der Waals surface area contributed by atoms with Crippen LogP contribution in [-0.4, -0.2) is 46.7 Å². The van der Waals surface area contributed by atoms with Gasteiger partial charge < -0.3 is 14.8 Å². The van der Waals surface area contributed by atoms with E-state index in [9.17, 15) is 22.8 Å². The largest absolute Gasteiger partial charge is 0.465 e. The van der Waals surface area contributed by atoms with E-state index in [0.717, 1.165) is 14.2 Å². The summed E-state index contributed by atoms with van der Waals surface area (Å²) in [7, 11) is -1.79. The summed E-state index contributed by atoms with van der Waals surface area (Å²) in [5.41, 5.74) is 0.245. The van der Waals surface area contributed by atoms with Gasteiger partial charge in [0.15, 0.2) is 0 Å². The number of rotatable bonds is 7. The van der Waals surface area contributed by atoms with E-state index >= 15 is 0 Å². The molecule has 0 aliphatic carbocycles. The summed E-state index contributed by atoms with van der Waals surface area (Å²) >= 11 is 1.34. The molecule has 0 aliphatic heterocycles. The molecule has 0 bridgehead atoms. The highest BCUT2D eigenvalue weighted by atomic mass is 32.2. The normalized spacial score (nSPS) is 10.8. The third kappa shape index (κ3) is 5.51. The van der Waals surface area contributed by atoms with Gasteiger partial charge in [-0.05, 0) is 42.7 Å². The van der Waals surface area contributed by atoms with Gasteiger partial charge in [0.05, 0.1) is 41.6 Å². The van der Waals surface area contributed by atoms with Gasteiger partial charge in [-0.25, -0.2) is 18.0 Å². The number of benzene rings is 2. The minimum atomic E-state index is -4.11. The van der Waals surface area contributed by atoms with Gasteiger partial charge >= 0.3 is 11.9 Å². The third-order valence-corrected chi connectivity index (χ3v) is 5.99. The topological polar surface area (TPSA) is 128 Å². The first-order chi connectivity index (χ1) is 14.1. The van der Waals surface area contributed by atoms with E-state index in [1.165, 1.54) is 49.0 Å². The number of hydrogen-bond donors (Lipinski definition) is 2. The first-order valence-electron chi connectivity index (χ1n) is 8.41. The third-order valence-electron chi connectivity index (χ3n) is 3.82. The van der Waals surface area contributed by atoms with Crippen LogP contribution in [0.2, 0.25) is 0 Å². The van der Waals surface area contributed by atoms with Crippen molar-refractivity contribution < 1.29 is 32.3 Å². The predicted molar refractivity (Wildman–Crippen MR) is 112 cm³/mol. The molecule has 0 radical (unpaired) electrons. The Kier molecular flexibility index (Phi) is 7.46. The van der Waals surface area contributed by atoms with Gasteiger partial charge in [0.2, 0.25) is 5.91 Å². The van der Waals surface area contributed by atoms with Crippen molar-refractivity contribution in [1.82, 2.24) is 0 Å². The molecular formula is C19H20N2O7S2. The lowest BCUT2D eigenvalue weighted by Gasteiger charge is -2.13. The zero-order valence-electron chi connectivity index (χ0n) is 16.6. The molecule has 2 N–H and O–H groups in total. The Morgan fingerprint density at radius 2 is 1.50 bits per heavy atom. The van der Waals surface area contributed by atoms with E-state index < -0.39 is 22.0 Å². The zero-order chi connectivity index (χ0) is 22.5. The minimum absolute atomic E-state index is 0.0326. The lowest BCUT2D eigenvalue weighted by molar-refractivity contribution is -0.114. The molecule has 0 heterocycles. The van der Waals surface area contributed by atoms with Crippen LogP contribution in [0.3, 0.4) is 0 Å². The highest BCUT2D eigenvalue weighted by molar-refractivity contribution is 7.98. The highest BCUT2D eigenvalue weighted by Crippen LogP contribution is 2.29. The Labute approximate surface area is 178 Å². The van der Waals surface area contributed by atoms with E-state index in [0.29, 0.717) is 10.6 Å². The van der Waals surface area contributed by atoms with Gasteiger partial charge in [0.25, 0.3) is 10.0 Å². The van der Waals surface area contributed by atoms with Crippen LogP contribution in [0.1, 0.15) is 27.6 Å². The number of methoxy groups -OCH3 is 2. The van der Waals surface area contributed by atoms with E-state index in [1.807, 2.05) is 0 Å². The Morgan fingerprint density at radius 3 is 1.97 bits per heavy atom. The standard InChI is InChI=1S/C19H20N2O7S2/c1-11(22)20-16-10-15(5-6-17(16)29-4)30(25,26)21-14-8-12(18(23)27-2)7-13(9-14)19(24)28-3/h5-10,21H,1-4H3,(H,20,22). The number of anilines is 2. The molecule has 11 heteroatoms. The van der Waals surface area contributed by atoms with Gasteiger partial charge in [-0.2, -0.15) is 0 Å². The fourth-order valence-corrected chi connectivity index (χ4v) is 4.11. The average molecular weight is 453 g/mol. The van der Waals surface area contributed by atoms with Crippen LogP contribution in [0.4, 0.5) is 11.4 Å². The lowest BCUT2D eigenvalue weighted by atomic mass is 10.1. The molecule has 2 rings (SSSR count). The Morgan fingerprint density at radius 1 is 0.933 bits per heavy atom. The van der Waals surface area contributed by atoms with Gasteiger partial charge in [-0.3, -0.25) is 9.52 Å². The summed E-state index contributed by atoms with van der Waals surface area (Å²) in [6.45, 7) is 1.32. The molecule has 0 saturated carbocycles. The maximum Gasteiger partial charge on any atom is 0.337 e. The van der Waals surface area contributed by atoms with Crippen LogP contribution >= 0.6 is 11.8 Å². The number of esters is 2. The molecule has 0 aliphatic rings. The quantitative estimate of drug-likeness (QED) is 0.485. The second-order valence-corrected chi connectivity index (χ2v) is 8.46. The number of carbonyl (C=O) groups is 3. The first kappa shape index (κ1) is 23.2. The predicted octanol–water partition coefficient (Wildman–Crippen LogP) is 2.74. The van der Waals surface area contributed by atoms with Crippen molar-refractivity contribution in [3.63, 3.8) is 0 Å². The number of sulfonamides is 1. The SMILES string of the molecule is COC(=O)c1cc(NS(=O)(=O)c2ccc(SC)c(NC(C)=O)c2)cc(C(=O)OC)c1. The van der Waals surface area contributed by atoms with Crippen molar-refractivity contribution >= 4 is 51.0 Å². The van der Waals surface area contributed by atoms with Crippen LogP contribution in [-0.2, 0) is 24.3 Å². The highest BCUT2D eigenvalue weighted by Gasteiger charge is 2.20. The molecule has 0 aromatic heterocycles. The summed E-state index contributed by atoms with van der Waals surface area (Å²) in [5, 5.41) is 2.59. The number of thioether (sulfide) groups is 1. The van der Waals surface area contributed by atoms with Crippen LogP contribution in [0, 0.1) is 0 Å². The number of nitrogens with one attached hydrogen (secondary N) is 2. The molecule has 0 fully saturated rings. The summed E-state index contributed by atoms with van der Waals surface area (Å²) in [6.07, 6.45) is 1.79.